The van der Waals surface area contributed by atoms with Gasteiger partial charge in [0.1, 0.15) is 5.82 Å². The number of amides is 2. The molecule has 0 spiro atoms. The van der Waals surface area contributed by atoms with Gasteiger partial charge < -0.3 is 15.3 Å². The summed E-state index contributed by atoms with van der Waals surface area (Å²) < 4.78 is 13.8. The van der Waals surface area contributed by atoms with Crippen molar-refractivity contribution in [2.24, 2.45) is 5.92 Å². The van der Waals surface area contributed by atoms with Crippen molar-refractivity contribution in [3.63, 3.8) is 0 Å². The van der Waals surface area contributed by atoms with E-state index in [2.05, 4.69) is 5.32 Å². The van der Waals surface area contributed by atoms with E-state index in [4.69, 9.17) is 5.11 Å². The topological polar surface area (TPSA) is 86.7 Å². The van der Waals surface area contributed by atoms with E-state index in [0.717, 1.165) is 18.4 Å². The SMILES string of the molecule is O=C(O)CC[C@@]1(CCC(=O)N2CCC(Cc3ccccc3F)CC2)CCC(=O)N1. The van der Waals surface area contributed by atoms with Crippen molar-refractivity contribution in [3.05, 3.63) is 35.6 Å². The molecule has 2 aliphatic heterocycles. The van der Waals surface area contributed by atoms with E-state index < -0.39 is 11.5 Å². The number of nitrogens with one attached hydrogen (secondary N) is 1. The molecule has 0 unspecified atom stereocenters. The van der Waals surface area contributed by atoms with Gasteiger partial charge in [-0.05, 0) is 56.1 Å². The van der Waals surface area contributed by atoms with Crippen molar-refractivity contribution in [1.29, 1.82) is 0 Å². The summed E-state index contributed by atoms with van der Waals surface area (Å²) in [5, 5.41) is 11.9. The summed E-state index contributed by atoms with van der Waals surface area (Å²) in [5.74, 6) is -0.723. The van der Waals surface area contributed by atoms with Crippen LogP contribution in [0.15, 0.2) is 24.3 Å². The van der Waals surface area contributed by atoms with Crippen LogP contribution in [0.2, 0.25) is 0 Å². The molecule has 0 aliphatic carbocycles. The fraction of sp³-hybridized carbons (Fsp3) is 0.591. The first-order valence-corrected chi connectivity index (χ1v) is 10.4. The summed E-state index contributed by atoms with van der Waals surface area (Å²) in [4.78, 5) is 37.1. The first-order chi connectivity index (χ1) is 13.9. The Morgan fingerprint density at radius 1 is 1.17 bits per heavy atom. The third-order valence-electron chi connectivity index (χ3n) is 6.30. The van der Waals surface area contributed by atoms with Crippen LogP contribution < -0.4 is 5.32 Å². The molecule has 0 aromatic heterocycles. The van der Waals surface area contributed by atoms with Gasteiger partial charge in [0.15, 0.2) is 0 Å². The summed E-state index contributed by atoms with van der Waals surface area (Å²) in [5.41, 5.74) is 0.156. The number of carbonyl (C=O) groups is 3. The van der Waals surface area contributed by atoms with Gasteiger partial charge in [0.25, 0.3) is 0 Å². The van der Waals surface area contributed by atoms with Crippen LogP contribution in [-0.4, -0.2) is 46.4 Å². The maximum atomic E-state index is 13.8. The molecule has 2 fully saturated rings. The summed E-state index contributed by atoms with van der Waals surface area (Å²) in [6, 6.07) is 6.84. The van der Waals surface area contributed by atoms with Gasteiger partial charge >= 0.3 is 5.97 Å². The summed E-state index contributed by atoms with van der Waals surface area (Å²) >= 11 is 0. The first-order valence-electron chi connectivity index (χ1n) is 10.4. The number of hydrogen-bond acceptors (Lipinski definition) is 3. The second kappa shape index (κ2) is 9.37. The highest BCUT2D eigenvalue weighted by Gasteiger charge is 2.38. The second-order valence-electron chi connectivity index (χ2n) is 8.34. The van der Waals surface area contributed by atoms with Crippen LogP contribution in [0.1, 0.15) is 56.9 Å². The number of carboxylic acids is 1. The molecule has 0 bridgehead atoms. The van der Waals surface area contributed by atoms with Crippen LogP contribution in [0.5, 0.6) is 0 Å². The van der Waals surface area contributed by atoms with Gasteiger partial charge in [0.2, 0.25) is 11.8 Å². The summed E-state index contributed by atoms with van der Waals surface area (Å²) in [6.45, 7) is 1.32. The molecular weight excluding hydrogens is 375 g/mol. The molecule has 2 saturated heterocycles. The van der Waals surface area contributed by atoms with Crippen molar-refractivity contribution in [2.75, 3.05) is 13.1 Å². The third-order valence-corrected chi connectivity index (χ3v) is 6.30. The smallest absolute Gasteiger partial charge is 0.303 e. The molecule has 2 amide bonds. The quantitative estimate of drug-likeness (QED) is 0.698. The number of rotatable bonds is 8. The number of aliphatic carboxylic acids is 1. The summed E-state index contributed by atoms with van der Waals surface area (Å²) in [6.07, 6.45) is 4.47. The molecule has 29 heavy (non-hydrogen) atoms. The minimum atomic E-state index is -0.895. The van der Waals surface area contributed by atoms with Crippen molar-refractivity contribution in [1.82, 2.24) is 10.2 Å². The normalized spacial score (nSPS) is 22.5. The molecule has 2 aliphatic rings. The van der Waals surface area contributed by atoms with Crippen molar-refractivity contribution in [3.8, 4) is 0 Å². The van der Waals surface area contributed by atoms with E-state index in [9.17, 15) is 18.8 Å². The average molecular weight is 404 g/mol. The lowest BCUT2D eigenvalue weighted by Gasteiger charge is -2.34. The van der Waals surface area contributed by atoms with Crippen LogP contribution in [0.25, 0.3) is 0 Å². The predicted octanol–water partition coefficient (Wildman–Crippen LogP) is 2.90. The van der Waals surface area contributed by atoms with Crippen molar-refractivity contribution >= 4 is 17.8 Å². The van der Waals surface area contributed by atoms with Crippen LogP contribution >= 0.6 is 0 Å². The number of benzene rings is 1. The molecule has 1 atom stereocenters. The molecule has 0 radical (unpaired) electrons. The maximum Gasteiger partial charge on any atom is 0.303 e. The molecule has 2 heterocycles. The minimum Gasteiger partial charge on any atom is -0.481 e. The fourth-order valence-corrected chi connectivity index (χ4v) is 4.49. The Morgan fingerprint density at radius 2 is 1.86 bits per heavy atom. The van der Waals surface area contributed by atoms with E-state index in [1.807, 2.05) is 17.0 Å². The zero-order valence-corrected chi connectivity index (χ0v) is 16.7. The molecule has 1 aromatic carbocycles. The zero-order valence-electron chi connectivity index (χ0n) is 16.7. The first kappa shape index (κ1) is 21.3. The van der Waals surface area contributed by atoms with Gasteiger partial charge in [0.05, 0.1) is 0 Å². The molecule has 3 rings (SSSR count). The Kier molecular flexibility index (Phi) is 6.87. The number of carbonyl (C=O) groups excluding carboxylic acids is 2. The van der Waals surface area contributed by atoms with Crippen LogP contribution in [-0.2, 0) is 20.8 Å². The third kappa shape index (κ3) is 5.78. The monoisotopic (exact) mass is 404 g/mol. The highest BCUT2D eigenvalue weighted by molar-refractivity contribution is 5.80. The Balaban J connectivity index is 1.47. The Morgan fingerprint density at radius 3 is 2.48 bits per heavy atom. The lowest BCUT2D eigenvalue weighted by molar-refractivity contribution is -0.137. The number of carboxylic acid groups (broad SMARTS) is 1. The van der Waals surface area contributed by atoms with Crippen molar-refractivity contribution in [2.45, 2.75) is 63.3 Å². The zero-order chi connectivity index (χ0) is 20.9. The Bertz CT molecular complexity index is 761. The average Bonchev–Trinajstić information content (AvgIpc) is 3.08. The van der Waals surface area contributed by atoms with Crippen LogP contribution in [0.4, 0.5) is 4.39 Å². The van der Waals surface area contributed by atoms with Crippen LogP contribution in [0.3, 0.4) is 0 Å². The van der Waals surface area contributed by atoms with E-state index in [1.165, 1.54) is 6.07 Å². The van der Waals surface area contributed by atoms with Gasteiger partial charge in [-0.1, -0.05) is 18.2 Å². The second-order valence-corrected chi connectivity index (χ2v) is 8.34. The predicted molar refractivity (Wildman–Crippen MR) is 106 cm³/mol. The number of piperidine rings is 1. The van der Waals surface area contributed by atoms with Crippen LogP contribution in [0, 0.1) is 11.7 Å². The molecule has 158 valence electrons. The molecule has 1 aromatic rings. The van der Waals surface area contributed by atoms with Crippen molar-refractivity contribution < 1.29 is 23.9 Å². The van der Waals surface area contributed by atoms with Gasteiger partial charge in [-0.3, -0.25) is 14.4 Å². The largest absolute Gasteiger partial charge is 0.481 e. The number of nitrogens with zero attached hydrogens (tertiary/aromatic N) is 1. The Labute approximate surface area is 170 Å². The number of halogens is 1. The maximum absolute atomic E-state index is 13.8. The summed E-state index contributed by atoms with van der Waals surface area (Å²) in [7, 11) is 0. The minimum absolute atomic E-state index is 0.0179. The van der Waals surface area contributed by atoms with Gasteiger partial charge in [0, 0.05) is 37.9 Å². The Hall–Kier alpha value is -2.44. The fourth-order valence-electron chi connectivity index (χ4n) is 4.49. The molecule has 0 saturated carbocycles. The lowest BCUT2D eigenvalue weighted by atomic mass is 9.86. The highest BCUT2D eigenvalue weighted by atomic mass is 19.1. The van der Waals surface area contributed by atoms with Gasteiger partial charge in [-0.2, -0.15) is 0 Å². The van der Waals surface area contributed by atoms with E-state index in [0.29, 0.717) is 57.5 Å². The standard InChI is InChI=1S/C22H29FN2O4/c23-18-4-2-1-3-17(18)15-16-8-13-25(14-9-16)20(27)6-11-22(12-7-21(28)29)10-5-19(26)24-22/h1-4,16H,5-15H2,(H,24,26)(H,28,29)/t22-/m0/s1. The van der Waals surface area contributed by atoms with E-state index in [1.54, 1.807) is 6.07 Å². The van der Waals surface area contributed by atoms with Gasteiger partial charge in [-0.25, -0.2) is 4.39 Å². The molecular formula is C22H29FN2O4. The highest BCUT2D eigenvalue weighted by Crippen LogP contribution is 2.31. The molecule has 7 heteroatoms. The molecule has 2 N–H and O–H groups in total. The molecule has 6 nitrogen and oxygen atoms in total. The van der Waals surface area contributed by atoms with E-state index in [-0.39, 0.29) is 24.1 Å². The lowest BCUT2D eigenvalue weighted by Crippen LogP contribution is -2.44. The number of likely N-dealkylation sites (tertiary alicyclic amines) is 1. The van der Waals surface area contributed by atoms with E-state index >= 15 is 0 Å². The van der Waals surface area contributed by atoms with Gasteiger partial charge in [-0.15, -0.1) is 0 Å². The number of hydrogen-bond donors (Lipinski definition) is 2.